The standard InChI is InChI=1S/C18H23N3O/c1-18(13-19,16-7-8-16)20-17(22)12-21-10-9-15(11-21)14-5-3-2-4-6-14/h2-6,15-16H,7-12H2,1H3,(H,20,22). The van der Waals surface area contributed by atoms with Gasteiger partial charge in [-0.3, -0.25) is 9.69 Å². The lowest BCUT2D eigenvalue weighted by Crippen LogP contribution is -2.50. The average molecular weight is 297 g/mol. The predicted octanol–water partition coefficient (Wildman–Crippen LogP) is 2.28. The van der Waals surface area contributed by atoms with Gasteiger partial charge in [0.05, 0.1) is 12.6 Å². The molecule has 0 bridgehead atoms. The smallest absolute Gasteiger partial charge is 0.235 e. The number of nitrogens with zero attached hydrogens (tertiary/aromatic N) is 2. The first-order chi connectivity index (χ1) is 10.6. The molecule has 1 aromatic carbocycles. The normalized spacial score (nSPS) is 24.5. The van der Waals surface area contributed by atoms with Crippen molar-refractivity contribution in [1.29, 1.82) is 5.26 Å². The van der Waals surface area contributed by atoms with Gasteiger partial charge in [0.25, 0.3) is 0 Å². The van der Waals surface area contributed by atoms with E-state index < -0.39 is 5.54 Å². The van der Waals surface area contributed by atoms with Crippen LogP contribution in [0.1, 0.15) is 37.7 Å². The number of carbonyl (C=O) groups excluding carboxylic acids is 1. The number of rotatable bonds is 5. The highest BCUT2D eigenvalue weighted by Crippen LogP contribution is 2.39. The van der Waals surface area contributed by atoms with Crippen LogP contribution in [0.5, 0.6) is 0 Å². The number of benzene rings is 1. The monoisotopic (exact) mass is 297 g/mol. The Hall–Kier alpha value is -1.86. The molecule has 0 radical (unpaired) electrons. The maximum absolute atomic E-state index is 12.2. The number of amides is 1. The number of hydrogen-bond acceptors (Lipinski definition) is 3. The molecule has 4 heteroatoms. The van der Waals surface area contributed by atoms with Crippen LogP contribution in [0.4, 0.5) is 0 Å². The van der Waals surface area contributed by atoms with Crippen LogP contribution >= 0.6 is 0 Å². The van der Waals surface area contributed by atoms with Crippen LogP contribution in [0.25, 0.3) is 0 Å². The zero-order valence-electron chi connectivity index (χ0n) is 13.1. The molecule has 2 unspecified atom stereocenters. The molecule has 0 aromatic heterocycles. The first kappa shape index (κ1) is 15.1. The molecule has 2 fully saturated rings. The number of likely N-dealkylation sites (tertiary alicyclic amines) is 1. The van der Waals surface area contributed by atoms with Gasteiger partial charge in [0.2, 0.25) is 5.91 Å². The second-order valence-electron chi connectivity index (χ2n) is 6.77. The van der Waals surface area contributed by atoms with Gasteiger partial charge >= 0.3 is 0 Å². The van der Waals surface area contributed by atoms with Crippen molar-refractivity contribution in [3.8, 4) is 6.07 Å². The zero-order valence-corrected chi connectivity index (χ0v) is 13.1. The first-order valence-electron chi connectivity index (χ1n) is 8.10. The second kappa shape index (κ2) is 6.10. The van der Waals surface area contributed by atoms with Gasteiger partial charge in [0, 0.05) is 6.54 Å². The van der Waals surface area contributed by atoms with E-state index in [1.165, 1.54) is 5.56 Å². The minimum absolute atomic E-state index is 0.0235. The minimum atomic E-state index is -0.685. The van der Waals surface area contributed by atoms with E-state index in [1.54, 1.807) is 0 Å². The van der Waals surface area contributed by atoms with Crippen molar-refractivity contribution in [3.63, 3.8) is 0 Å². The maximum atomic E-state index is 12.2. The van der Waals surface area contributed by atoms with Crippen LogP contribution in [0.3, 0.4) is 0 Å². The largest absolute Gasteiger partial charge is 0.337 e. The summed E-state index contributed by atoms with van der Waals surface area (Å²) in [5.41, 5.74) is 0.667. The zero-order chi connectivity index (χ0) is 15.6. The van der Waals surface area contributed by atoms with E-state index in [9.17, 15) is 10.1 Å². The van der Waals surface area contributed by atoms with Gasteiger partial charge < -0.3 is 5.32 Å². The Bertz CT molecular complexity index is 576. The molecule has 1 aliphatic carbocycles. The predicted molar refractivity (Wildman–Crippen MR) is 85.1 cm³/mol. The first-order valence-corrected chi connectivity index (χ1v) is 8.10. The second-order valence-corrected chi connectivity index (χ2v) is 6.77. The molecule has 1 aromatic rings. The molecular formula is C18H23N3O. The van der Waals surface area contributed by atoms with Gasteiger partial charge in [-0.2, -0.15) is 5.26 Å². The van der Waals surface area contributed by atoms with E-state index in [2.05, 4.69) is 40.6 Å². The summed E-state index contributed by atoms with van der Waals surface area (Å²) >= 11 is 0. The molecule has 2 aliphatic rings. The minimum Gasteiger partial charge on any atom is -0.337 e. The Morgan fingerprint density at radius 2 is 2.09 bits per heavy atom. The summed E-state index contributed by atoms with van der Waals surface area (Å²) in [7, 11) is 0. The molecule has 1 heterocycles. The maximum Gasteiger partial charge on any atom is 0.235 e. The van der Waals surface area contributed by atoms with Gasteiger partial charge in [-0.15, -0.1) is 0 Å². The highest BCUT2D eigenvalue weighted by atomic mass is 16.2. The molecule has 1 aliphatic heterocycles. The Kier molecular flexibility index (Phi) is 4.17. The lowest BCUT2D eigenvalue weighted by atomic mass is 9.98. The summed E-state index contributed by atoms with van der Waals surface area (Å²) in [6.07, 6.45) is 3.18. The number of carbonyl (C=O) groups is 1. The molecular weight excluding hydrogens is 274 g/mol. The third kappa shape index (κ3) is 3.31. The van der Waals surface area contributed by atoms with E-state index >= 15 is 0 Å². The molecule has 1 N–H and O–H groups in total. The van der Waals surface area contributed by atoms with E-state index in [0.717, 1.165) is 32.4 Å². The van der Waals surface area contributed by atoms with E-state index in [4.69, 9.17) is 0 Å². The number of nitriles is 1. The van der Waals surface area contributed by atoms with Crippen LogP contribution in [-0.4, -0.2) is 36.0 Å². The molecule has 1 saturated carbocycles. The lowest BCUT2D eigenvalue weighted by Gasteiger charge is -2.24. The van der Waals surface area contributed by atoms with Crippen molar-refractivity contribution in [2.75, 3.05) is 19.6 Å². The lowest BCUT2D eigenvalue weighted by molar-refractivity contribution is -0.123. The topological polar surface area (TPSA) is 56.1 Å². The Balaban J connectivity index is 1.52. The van der Waals surface area contributed by atoms with E-state index in [0.29, 0.717) is 18.4 Å². The molecule has 1 amide bonds. The van der Waals surface area contributed by atoms with Crippen molar-refractivity contribution in [2.45, 2.75) is 37.6 Å². The number of nitrogens with one attached hydrogen (secondary N) is 1. The van der Waals surface area contributed by atoms with Crippen LogP contribution in [-0.2, 0) is 4.79 Å². The Morgan fingerprint density at radius 1 is 1.36 bits per heavy atom. The molecule has 2 atom stereocenters. The molecule has 0 spiro atoms. The summed E-state index contributed by atoms with van der Waals surface area (Å²) in [6, 6.07) is 12.8. The van der Waals surface area contributed by atoms with Gasteiger partial charge in [0.15, 0.2) is 0 Å². The molecule has 3 rings (SSSR count). The van der Waals surface area contributed by atoms with Crippen molar-refractivity contribution in [1.82, 2.24) is 10.2 Å². The van der Waals surface area contributed by atoms with Gasteiger partial charge in [-0.05, 0) is 50.1 Å². The fourth-order valence-corrected chi connectivity index (χ4v) is 3.39. The van der Waals surface area contributed by atoms with Gasteiger partial charge in [0.1, 0.15) is 5.54 Å². The van der Waals surface area contributed by atoms with Crippen LogP contribution in [0, 0.1) is 17.2 Å². The van der Waals surface area contributed by atoms with E-state index in [-0.39, 0.29) is 5.91 Å². The van der Waals surface area contributed by atoms with Crippen LogP contribution in [0.15, 0.2) is 30.3 Å². The summed E-state index contributed by atoms with van der Waals surface area (Å²) in [5, 5.41) is 12.3. The number of hydrogen-bond donors (Lipinski definition) is 1. The van der Waals surface area contributed by atoms with Crippen molar-refractivity contribution < 1.29 is 4.79 Å². The van der Waals surface area contributed by atoms with Crippen LogP contribution in [0.2, 0.25) is 0 Å². The Labute approximate surface area is 132 Å². The molecule has 1 saturated heterocycles. The molecule has 22 heavy (non-hydrogen) atoms. The van der Waals surface area contributed by atoms with Crippen molar-refractivity contribution in [3.05, 3.63) is 35.9 Å². The summed E-state index contributed by atoms with van der Waals surface area (Å²) in [4.78, 5) is 14.4. The highest BCUT2D eigenvalue weighted by molar-refractivity contribution is 5.79. The fourth-order valence-electron chi connectivity index (χ4n) is 3.39. The summed E-state index contributed by atoms with van der Waals surface area (Å²) < 4.78 is 0. The van der Waals surface area contributed by atoms with Gasteiger partial charge in [-0.1, -0.05) is 30.3 Å². The van der Waals surface area contributed by atoms with Crippen molar-refractivity contribution in [2.24, 2.45) is 5.92 Å². The third-order valence-electron chi connectivity index (χ3n) is 4.94. The highest BCUT2D eigenvalue weighted by Gasteiger charge is 2.43. The molecule has 4 nitrogen and oxygen atoms in total. The quantitative estimate of drug-likeness (QED) is 0.907. The Morgan fingerprint density at radius 3 is 2.73 bits per heavy atom. The van der Waals surface area contributed by atoms with Crippen molar-refractivity contribution >= 4 is 5.91 Å². The van der Waals surface area contributed by atoms with Crippen LogP contribution < -0.4 is 5.32 Å². The van der Waals surface area contributed by atoms with Gasteiger partial charge in [-0.25, -0.2) is 0 Å². The average Bonchev–Trinajstić information content (AvgIpc) is 3.29. The third-order valence-corrected chi connectivity index (χ3v) is 4.94. The van der Waals surface area contributed by atoms with E-state index in [1.807, 2.05) is 13.0 Å². The fraction of sp³-hybridized carbons (Fsp3) is 0.556. The molecule has 116 valence electrons. The summed E-state index contributed by atoms with van der Waals surface area (Å²) in [5.74, 6) is 0.821. The summed E-state index contributed by atoms with van der Waals surface area (Å²) in [6.45, 7) is 4.11. The SMILES string of the molecule is CC(C#N)(NC(=O)CN1CCC(c2ccccc2)C1)C1CC1.